The third kappa shape index (κ3) is 1.51. The first-order chi connectivity index (χ1) is 6.16. The summed E-state index contributed by atoms with van der Waals surface area (Å²) in [6, 6.07) is 0. The lowest BCUT2D eigenvalue weighted by molar-refractivity contribution is 0.0683. The van der Waals surface area contributed by atoms with E-state index in [1.165, 1.54) is 0 Å². The second kappa shape index (κ2) is 2.99. The third-order valence-corrected chi connectivity index (χ3v) is 2.35. The first-order valence-electron chi connectivity index (χ1n) is 3.98. The summed E-state index contributed by atoms with van der Waals surface area (Å²) in [6.45, 7) is 0.553. The zero-order valence-corrected chi connectivity index (χ0v) is 7.53. The number of carboxylic acids is 1. The van der Waals surface area contributed by atoms with Gasteiger partial charge in [-0.25, -0.2) is 14.5 Å². The SMILES string of the molecule is O=C(O)c1nc2n(n1)CC(Cl)CC2. The van der Waals surface area contributed by atoms with E-state index in [0.29, 0.717) is 18.8 Å². The summed E-state index contributed by atoms with van der Waals surface area (Å²) in [7, 11) is 0. The molecule has 0 saturated carbocycles. The van der Waals surface area contributed by atoms with Crippen LogP contribution in [0.3, 0.4) is 0 Å². The molecule has 0 amide bonds. The smallest absolute Gasteiger partial charge is 0.375 e. The van der Waals surface area contributed by atoms with Crippen molar-refractivity contribution in [3.8, 4) is 0 Å². The molecule has 1 atom stereocenters. The minimum atomic E-state index is -1.09. The highest BCUT2D eigenvalue weighted by Gasteiger charge is 2.21. The molecule has 0 radical (unpaired) electrons. The van der Waals surface area contributed by atoms with Gasteiger partial charge in [0.2, 0.25) is 0 Å². The highest BCUT2D eigenvalue weighted by atomic mass is 35.5. The molecule has 5 nitrogen and oxygen atoms in total. The third-order valence-electron chi connectivity index (χ3n) is 1.99. The van der Waals surface area contributed by atoms with Gasteiger partial charge in [-0.05, 0) is 6.42 Å². The van der Waals surface area contributed by atoms with Gasteiger partial charge in [0, 0.05) is 6.42 Å². The van der Waals surface area contributed by atoms with Crippen molar-refractivity contribution >= 4 is 17.6 Å². The summed E-state index contributed by atoms with van der Waals surface area (Å²) < 4.78 is 1.57. The molecule has 0 fully saturated rings. The van der Waals surface area contributed by atoms with Gasteiger partial charge in [0.1, 0.15) is 5.82 Å². The Hall–Kier alpha value is -1.10. The van der Waals surface area contributed by atoms with Crippen LogP contribution in [0, 0.1) is 0 Å². The minimum Gasteiger partial charge on any atom is -0.475 e. The topological polar surface area (TPSA) is 68.0 Å². The molecule has 0 bridgehead atoms. The van der Waals surface area contributed by atoms with Gasteiger partial charge in [0.15, 0.2) is 0 Å². The molecule has 0 spiro atoms. The van der Waals surface area contributed by atoms with E-state index in [1.807, 2.05) is 0 Å². The molecule has 0 aliphatic carbocycles. The number of fused-ring (bicyclic) bond motifs is 1. The second-order valence-corrected chi connectivity index (χ2v) is 3.59. The fraction of sp³-hybridized carbons (Fsp3) is 0.571. The Labute approximate surface area is 79.3 Å². The quantitative estimate of drug-likeness (QED) is 0.673. The van der Waals surface area contributed by atoms with Crippen LogP contribution in [0.2, 0.25) is 0 Å². The van der Waals surface area contributed by atoms with Crippen LogP contribution in [0.1, 0.15) is 22.9 Å². The molecular weight excluding hydrogens is 194 g/mol. The molecule has 1 aliphatic heterocycles. The number of nitrogens with zero attached hydrogens (tertiary/aromatic N) is 3. The first-order valence-corrected chi connectivity index (χ1v) is 4.41. The van der Waals surface area contributed by atoms with E-state index in [-0.39, 0.29) is 11.2 Å². The molecule has 0 aromatic carbocycles. The van der Waals surface area contributed by atoms with Crippen molar-refractivity contribution in [2.24, 2.45) is 0 Å². The zero-order chi connectivity index (χ0) is 9.42. The van der Waals surface area contributed by atoms with Gasteiger partial charge in [-0.1, -0.05) is 0 Å². The van der Waals surface area contributed by atoms with Crippen LogP contribution in [-0.2, 0) is 13.0 Å². The van der Waals surface area contributed by atoms with Gasteiger partial charge in [-0.2, -0.15) is 0 Å². The highest BCUT2D eigenvalue weighted by molar-refractivity contribution is 6.20. The van der Waals surface area contributed by atoms with Crippen molar-refractivity contribution in [1.82, 2.24) is 14.8 Å². The van der Waals surface area contributed by atoms with E-state index in [9.17, 15) is 4.79 Å². The average Bonchev–Trinajstić information content (AvgIpc) is 2.46. The Morgan fingerprint density at radius 2 is 2.46 bits per heavy atom. The lowest BCUT2D eigenvalue weighted by Gasteiger charge is -2.15. The molecule has 1 N–H and O–H groups in total. The monoisotopic (exact) mass is 201 g/mol. The maximum Gasteiger partial charge on any atom is 0.375 e. The van der Waals surface area contributed by atoms with Crippen LogP contribution < -0.4 is 0 Å². The lowest BCUT2D eigenvalue weighted by atomic mass is 10.2. The highest BCUT2D eigenvalue weighted by Crippen LogP contribution is 2.16. The maximum atomic E-state index is 10.5. The van der Waals surface area contributed by atoms with E-state index in [0.717, 1.165) is 6.42 Å². The van der Waals surface area contributed by atoms with Crippen LogP contribution >= 0.6 is 11.6 Å². The van der Waals surface area contributed by atoms with Gasteiger partial charge in [-0.15, -0.1) is 16.7 Å². The van der Waals surface area contributed by atoms with Crippen LogP contribution in [0.15, 0.2) is 0 Å². The number of hydrogen-bond acceptors (Lipinski definition) is 3. The number of aromatic nitrogens is 3. The molecule has 0 saturated heterocycles. The first kappa shape index (κ1) is 8.50. The van der Waals surface area contributed by atoms with Crippen molar-refractivity contribution in [3.63, 3.8) is 0 Å². The molecule has 6 heteroatoms. The summed E-state index contributed by atoms with van der Waals surface area (Å²) in [6.07, 6.45) is 1.54. The fourth-order valence-corrected chi connectivity index (χ4v) is 1.60. The number of halogens is 1. The fourth-order valence-electron chi connectivity index (χ4n) is 1.36. The lowest BCUT2D eigenvalue weighted by Crippen LogP contribution is -2.21. The van der Waals surface area contributed by atoms with Crippen LogP contribution in [0.4, 0.5) is 0 Å². The molecule has 1 aliphatic rings. The Bertz CT molecular complexity index is 350. The summed E-state index contributed by atoms with van der Waals surface area (Å²) in [4.78, 5) is 14.4. The van der Waals surface area contributed by atoms with E-state index >= 15 is 0 Å². The van der Waals surface area contributed by atoms with E-state index in [2.05, 4.69) is 10.1 Å². The number of aryl methyl sites for hydroxylation is 1. The van der Waals surface area contributed by atoms with Gasteiger partial charge < -0.3 is 5.11 Å². The average molecular weight is 202 g/mol. The predicted octanol–water partition coefficient (Wildman–Crippen LogP) is 0.530. The van der Waals surface area contributed by atoms with E-state index in [1.54, 1.807) is 4.68 Å². The Morgan fingerprint density at radius 1 is 1.69 bits per heavy atom. The number of carboxylic acid groups (broad SMARTS) is 1. The van der Waals surface area contributed by atoms with Crippen LogP contribution in [0.25, 0.3) is 0 Å². The summed E-state index contributed by atoms with van der Waals surface area (Å²) in [5.41, 5.74) is 0. The molecule has 1 unspecified atom stereocenters. The number of alkyl halides is 1. The predicted molar refractivity (Wildman–Crippen MR) is 44.9 cm³/mol. The molecule has 2 heterocycles. The van der Waals surface area contributed by atoms with Crippen molar-refractivity contribution < 1.29 is 9.90 Å². The van der Waals surface area contributed by atoms with Crippen molar-refractivity contribution in [1.29, 1.82) is 0 Å². The van der Waals surface area contributed by atoms with Gasteiger partial charge >= 0.3 is 5.97 Å². The summed E-state index contributed by atoms with van der Waals surface area (Å²) in [5, 5.41) is 12.5. The number of carbonyl (C=O) groups is 1. The van der Waals surface area contributed by atoms with Crippen molar-refractivity contribution in [3.05, 3.63) is 11.6 Å². The molecule has 1 aromatic rings. The number of hydrogen-bond donors (Lipinski definition) is 1. The maximum absolute atomic E-state index is 10.5. The largest absolute Gasteiger partial charge is 0.475 e. The molecule has 2 rings (SSSR count). The Morgan fingerprint density at radius 3 is 3.15 bits per heavy atom. The Balaban J connectivity index is 2.33. The summed E-state index contributed by atoms with van der Waals surface area (Å²) >= 11 is 5.90. The van der Waals surface area contributed by atoms with Crippen molar-refractivity contribution in [2.45, 2.75) is 24.8 Å². The number of rotatable bonds is 1. The second-order valence-electron chi connectivity index (χ2n) is 2.97. The van der Waals surface area contributed by atoms with Gasteiger partial charge in [-0.3, -0.25) is 0 Å². The minimum absolute atomic E-state index is 0.0378. The van der Waals surface area contributed by atoms with Gasteiger partial charge in [0.25, 0.3) is 5.82 Å². The summed E-state index contributed by atoms with van der Waals surface area (Å²) in [5.74, 6) is -0.511. The molecule has 1 aromatic heterocycles. The zero-order valence-electron chi connectivity index (χ0n) is 6.77. The number of aromatic carboxylic acids is 1. The standard InChI is InChI=1S/C7H8ClN3O2/c8-4-1-2-5-9-6(7(12)13)10-11(5)3-4/h4H,1-3H2,(H,12,13). The van der Waals surface area contributed by atoms with Crippen LogP contribution in [0.5, 0.6) is 0 Å². The van der Waals surface area contributed by atoms with E-state index < -0.39 is 5.97 Å². The molecule has 70 valence electrons. The molecular formula is C7H8ClN3O2. The van der Waals surface area contributed by atoms with Crippen molar-refractivity contribution in [2.75, 3.05) is 0 Å². The van der Waals surface area contributed by atoms with E-state index in [4.69, 9.17) is 16.7 Å². The molecule has 13 heavy (non-hydrogen) atoms. The Kier molecular flexibility index (Phi) is 1.95. The van der Waals surface area contributed by atoms with Crippen LogP contribution in [-0.4, -0.2) is 31.2 Å². The normalized spacial score (nSPS) is 21.2. The van der Waals surface area contributed by atoms with Gasteiger partial charge in [0.05, 0.1) is 11.9 Å².